The van der Waals surface area contributed by atoms with Crippen LogP contribution in [0.4, 0.5) is 0 Å². The summed E-state index contributed by atoms with van der Waals surface area (Å²) in [5.74, 6) is 5.02. The van der Waals surface area contributed by atoms with Gasteiger partial charge in [0.05, 0.1) is 0 Å². The van der Waals surface area contributed by atoms with Crippen LogP contribution < -0.4 is 11.3 Å². The maximum atomic E-state index is 11.6. The number of amides is 1. The molecule has 0 atom stereocenters. The van der Waals surface area contributed by atoms with E-state index in [-0.39, 0.29) is 5.91 Å². The molecule has 0 unspecified atom stereocenters. The largest absolute Gasteiger partial charge is 0.294 e. The van der Waals surface area contributed by atoms with Crippen molar-refractivity contribution in [1.82, 2.24) is 10.4 Å². The summed E-state index contributed by atoms with van der Waals surface area (Å²) in [6.07, 6.45) is 2.44. The summed E-state index contributed by atoms with van der Waals surface area (Å²) in [6.45, 7) is 8.04. The van der Waals surface area contributed by atoms with Crippen LogP contribution >= 0.6 is 21.6 Å². The predicted molar refractivity (Wildman–Crippen MR) is 82.6 cm³/mol. The van der Waals surface area contributed by atoms with Crippen LogP contribution in [-0.4, -0.2) is 16.1 Å². The van der Waals surface area contributed by atoms with Gasteiger partial charge in [-0.05, 0) is 28.8 Å². The van der Waals surface area contributed by atoms with Gasteiger partial charge < -0.3 is 0 Å². The number of pyridine rings is 1. The number of rotatable bonds is 6. The molecule has 0 aliphatic rings. The van der Waals surface area contributed by atoms with E-state index in [1.54, 1.807) is 21.6 Å². The molecular weight excluding hydrogens is 278 g/mol. The molecule has 4 nitrogen and oxygen atoms in total. The number of carbonyl (C=O) groups is 1. The Morgan fingerprint density at radius 3 is 2.63 bits per heavy atom. The van der Waals surface area contributed by atoms with E-state index in [2.05, 4.69) is 24.3 Å². The highest BCUT2D eigenvalue weighted by Gasteiger charge is 2.27. The molecule has 0 fully saturated rings. The normalized spacial score (nSPS) is 11.7. The molecule has 0 bridgehead atoms. The Kier molecular flexibility index (Phi) is 6.16. The summed E-state index contributed by atoms with van der Waals surface area (Å²) in [7, 11) is 3.46. The van der Waals surface area contributed by atoms with Gasteiger partial charge >= 0.3 is 0 Å². The number of nitrogens with zero attached hydrogens (tertiary/aromatic N) is 1. The standard InChI is InChI=1S/C13H21N3OS2/c1-9(2)18-19-11-6-5-10(8-15-11)7-13(3,4)12(17)16-14/h5-6,8-9H,7,14H2,1-4H3,(H,16,17). The quantitative estimate of drug-likeness (QED) is 0.366. The van der Waals surface area contributed by atoms with Crippen molar-refractivity contribution in [3.05, 3.63) is 23.9 Å². The van der Waals surface area contributed by atoms with Crippen LogP contribution in [0.5, 0.6) is 0 Å². The van der Waals surface area contributed by atoms with Gasteiger partial charge in [0.1, 0.15) is 5.03 Å². The molecule has 19 heavy (non-hydrogen) atoms. The van der Waals surface area contributed by atoms with Gasteiger partial charge in [0.2, 0.25) is 5.91 Å². The first-order chi connectivity index (χ1) is 8.85. The molecule has 0 spiro atoms. The van der Waals surface area contributed by atoms with Crippen molar-refractivity contribution in [1.29, 1.82) is 0 Å². The Hall–Kier alpha value is -0.720. The minimum Gasteiger partial charge on any atom is -0.294 e. The Morgan fingerprint density at radius 1 is 1.47 bits per heavy atom. The molecule has 0 saturated carbocycles. The predicted octanol–water partition coefficient (Wildman–Crippen LogP) is 2.79. The van der Waals surface area contributed by atoms with E-state index in [0.29, 0.717) is 11.7 Å². The zero-order chi connectivity index (χ0) is 14.5. The fourth-order valence-electron chi connectivity index (χ4n) is 1.50. The van der Waals surface area contributed by atoms with Crippen LogP contribution in [0, 0.1) is 5.41 Å². The van der Waals surface area contributed by atoms with E-state index in [1.165, 1.54) is 0 Å². The Morgan fingerprint density at radius 2 is 2.16 bits per heavy atom. The van der Waals surface area contributed by atoms with Gasteiger partial charge in [-0.2, -0.15) is 0 Å². The molecule has 0 aromatic carbocycles. The third kappa shape index (κ3) is 5.42. The fraction of sp³-hybridized carbons (Fsp3) is 0.538. The lowest BCUT2D eigenvalue weighted by molar-refractivity contribution is -0.129. The Balaban J connectivity index is 2.64. The Bertz CT molecular complexity index is 418. The molecule has 3 N–H and O–H groups in total. The summed E-state index contributed by atoms with van der Waals surface area (Å²) in [5.41, 5.74) is 2.71. The average molecular weight is 299 g/mol. The molecule has 6 heteroatoms. The van der Waals surface area contributed by atoms with E-state index in [0.717, 1.165) is 10.6 Å². The monoisotopic (exact) mass is 299 g/mol. The highest BCUT2D eigenvalue weighted by molar-refractivity contribution is 8.76. The maximum absolute atomic E-state index is 11.6. The van der Waals surface area contributed by atoms with Crippen LogP contribution in [0.3, 0.4) is 0 Å². The summed E-state index contributed by atoms with van der Waals surface area (Å²) in [6, 6.07) is 4.01. The van der Waals surface area contributed by atoms with Crippen LogP contribution in [-0.2, 0) is 11.2 Å². The van der Waals surface area contributed by atoms with E-state index < -0.39 is 5.41 Å². The van der Waals surface area contributed by atoms with Crippen molar-refractivity contribution >= 4 is 27.5 Å². The molecule has 1 aromatic rings. The summed E-state index contributed by atoms with van der Waals surface area (Å²) < 4.78 is 0. The van der Waals surface area contributed by atoms with Crippen LogP contribution in [0.2, 0.25) is 0 Å². The molecule has 0 aliphatic carbocycles. The topological polar surface area (TPSA) is 68.0 Å². The summed E-state index contributed by atoms with van der Waals surface area (Å²) in [4.78, 5) is 16.0. The first-order valence-electron chi connectivity index (χ1n) is 6.14. The number of aromatic nitrogens is 1. The number of nitrogens with two attached hydrogens (primary N) is 1. The van der Waals surface area contributed by atoms with Crippen molar-refractivity contribution in [2.45, 2.75) is 44.4 Å². The van der Waals surface area contributed by atoms with E-state index in [9.17, 15) is 4.79 Å². The lowest BCUT2D eigenvalue weighted by Crippen LogP contribution is -2.42. The molecule has 1 amide bonds. The third-order valence-electron chi connectivity index (χ3n) is 2.52. The molecule has 0 aliphatic heterocycles. The Labute approximate surface area is 122 Å². The van der Waals surface area contributed by atoms with Crippen LogP contribution in [0.15, 0.2) is 23.4 Å². The highest BCUT2D eigenvalue weighted by atomic mass is 33.1. The minimum absolute atomic E-state index is 0.165. The van der Waals surface area contributed by atoms with Crippen molar-refractivity contribution < 1.29 is 4.79 Å². The average Bonchev–Trinajstić information content (AvgIpc) is 2.36. The van der Waals surface area contributed by atoms with E-state index in [1.807, 2.05) is 32.2 Å². The van der Waals surface area contributed by atoms with Crippen molar-refractivity contribution in [2.24, 2.45) is 11.3 Å². The minimum atomic E-state index is -0.530. The van der Waals surface area contributed by atoms with Gasteiger partial charge in [0.15, 0.2) is 0 Å². The number of hydrogen-bond donors (Lipinski definition) is 2. The molecule has 1 aromatic heterocycles. The lowest BCUT2D eigenvalue weighted by Gasteiger charge is -2.22. The van der Waals surface area contributed by atoms with Crippen LogP contribution in [0.25, 0.3) is 0 Å². The van der Waals surface area contributed by atoms with Gasteiger partial charge in [-0.1, -0.05) is 44.6 Å². The molecule has 1 heterocycles. The molecule has 0 saturated heterocycles. The third-order valence-corrected chi connectivity index (χ3v) is 5.36. The summed E-state index contributed by atoms with van der Waals surface area (Å²) >= 11 is 0. The number of hydrogen-bond acceptors (Lipinski definition) is 5. The SMILES string of the molecule is CC(C)SSc1ccc(CC(C)(C)C(=O)NN)cn1. The highest BCUT2D eigenvalue weighted by Crippen LogP contribution is 2.33. The van der Waals surface area contributed by atoms with Crippen molar-refractivity contribution in [3.63, 3.8) is 0 Å². The van der Waals surface area contributed by atoms with E-state index >= 15 is 0 Å². The second-order valence-corrected chi connectivity index (χ2v) is 8.06. The van der Waals surface area contributed by atoms with Gasteiger partial charge in [-0.15, -0.1) is 0 Å². The molecule has 0 radical (unpaired) electrons. The number of nitrogens with one attached hydrogen (secondary N) is 1. The first kappa shape index (κ1) is 16.3. The smallest absolute Gasteiger partial charge is 0.239 e. The van der Waals surface area contributed by atoms with Gasteiger partial charge in [-0.25, -0.2) is 10.8 Å². The second kappa shape index (κ2) is 7.17. The lowest BCUT2D eigenvalue weighted by atomic mass is 9.85. The maximum Gasteiger partial charge on any atom is 0.239 e. The van der Waals surface area contributed by atoms with E-state index in [4.69, 9.17) is 5.84 Å². The van der Waals surface area contributed by atoms with Crippen LogP contribution in [0.1, 0.15) is 33.3 Å². The first-order valence-corrected chi connectivity index (χ1v) is 8.36. The van der Waals surface area contributed by atoms with Crippen molar-refractivity contribution in [2.75, 3.05) is 0 Å². The van der Waals surface area contributed by atoms with Gasteiger partial charge in [0.25, 0.3) is 0 Å². The molecular formula is C13H21N3OS2. The fourth-order valence-corrected chi connectivity index (χ4v) is 3.18. The second-order valence-electron chi connectivity index (χ2n) is 5.27. The molecule has 106 valence electrons. The zero-order valence-corrected chi connectivity index (χ0v) is 13.4. The number of hydrazine groups is 1. The molecule has 1 rings (SSSR count). The van der Waals surface area contributed by atoms with Gasteiger partial charge in [0, 0.05) is 16.9 Å². The summed E-state index contributed by atoms with van der Waals surface area (Å²) in [5, 5.41) is 1.56. The van der Waals surface area contributed by atoms with Crippen molar-refractivity contribution in [3.8, 4) is 0 Å². The number of carbonyl (C=O) groups excluding carboxylic acids is 1. The van der Waals surface area contributed by atoms with Gasteiger partial charge in [-0.3, -0.25) is 10.2 Å². The zero-order valence-electron chi connectivity index (χ0n) is 11.8.